The molecule has 0 aliphatic carbocycles. The molecular formula is C22H22N4O3. The Morgan fingerprint density at radius 2 is 1.97 bits per heavy atom. The molecule has 0 aliphatic heterocycles. The topological polar surface area (TPSA) is 84.2 Å². The summed E-state index contributed by atoms with van der Waals surface area (Å²) in [6, 6.07) is 15.3. The maximum absolute atomic E-state index is 12.5. The van der Waals surface area contributed by atoms with Crippen molar-refractivity contribution >= 4 is 16.8 Å². The molecule has 7 nitrogen and oxygen atoms in total. The Labute approximate surface area is 168 Å². The molecule has 2 heterocycles. The molecule has 0 radical (unpaired) electrons. The Balaban J connectivity index is 1.42. The molecule has 0 saturated carbocycles. The van der Waals surface area contributed by atoms with Crippen molar-refractivity contribution in [3.05, 3.63) is 65.5 Å². The molecule has 0 saturated heterocycles. The van der Waals surface area contributed by atoms with Crippen molar-refractivity contribution in [3.8, 4) is 17.3 Å². The van der Waals surface area contributed by atoms with Crippen LogP contribution in [0.2, 0.25) is 0 Å². The number of benzene rings is 2. The van der Waals surface area contributed by atoms with Gasteiger partial charge in [0.15, 0.2) is 5.82 Å². The first kappa shape index (κ1) is 18.7. The monoisotopic (exact) mass is 390 g/mol. The highest BCUT2D eigenvalue weighted by Gasteiger charge is 2.15. The van der Waals surface area contributed by atoms with Gasteiger partial charge in [0.1, 0.15) is 11.4 Å². The second-order valence-electron chi connectivity index (χ2n) is 6.99. The van der Waals surface area contributed by atoms with E-state index in [1.54, 1.807) is 19.1 Å². The quantitative estimate of drug-likeness (QED) is 0.541. The Morgan fingerprint density at radius 3 is 2.72 bits per heavy atom. The molecule has 4 aromatic rings. The van der Waals surface area contributed by atoms with Crippen LogP contribution in [0.4, 0.5) is 0 Å². The fraction of sp³-hybridized carbons (Fsp3) is 0.227. The van der Waals surface area contributed by atoms with Crippen molar-refractivity contribution < 1.29 is 14.1 Å². The van der Waals surface area contributed by atoms with Crippen LogP contribution in [0.25, 0.3) is 22.5 Å². The molecule has 7 heteroatoms. The minimum Gasteiger partial charge on any atom is -0.497 e. The maximum atomic E-state index is 12.5. The van der Waals surface area contributed by atoms with E-state index in [2.05, 4.69) is 15.1 Å². The minimum atomic E-state index is -0.0294. The first-order chi connectivity index (χ1) is 14.0. The third-order valence-electron chi connectivity index (χ3n) is 4.84. The number of fused-ring (bicyclic) bond motifs is 1. The number of hydrogen-bond acceptors (Lipinski definition) is 5. The molecule has 0 atom stereocenters. The van der Waals surface area contributed by atoms with Crippen molar-refractivity contribution in [3.63, 3.8) is 0 Å². The van der Waals surface area contributed by atoms with Gasteiger partial charge < -0.3 is 19.1 Å². The fourth-order valence-corrected chi connectivity index (χ4v) is 3.10. The predicted octanol–water partition coefficient (Wildman–Crippen LogP) is 3.85. The van der Waals surface area contributed by atoms with E-state index < -0.39 is 0 Å². The van der Waals surface area contributed by atoms with Gasteiger partial charge in [-0.1, -0.05) is 22.9 Å². The molecule has 148 valence electrons. The van der Waals surface area contributed by atoms with Gasteiger partial charge in [-0.15, -0.1) is 0 Å². The van der Waals surface area contributed by atoms with Crippen LogP contribution in [0.1, 0.15) is 21.7 Å². The Kier molecular flexibility index (Phi) is 5.03. The summed E-state index contributed by atoms with van der Waals surface area (Å²) in [6.07, 6.45) is 0.506. The van der Waals surface area contributed by atoms with Crippen molar-refractivity contribution in [2.45, 2.75) is 13.3 Å². The molecular weight excluding hydrogens is 368 g/mol. The third kappa shape index (κ3) is 3.99. The zero-order valence-corrected chi connectivity index (χ0v) is 16.6. The van der Waals surface area contributed by atoms with Crippen LogP contribution in [0, 0.1) is 6.92 Å². The molecule has 0 spiro atoms. The molecule has 4 rings (SSSR count). The van der Waals surface area contributed by atoms with Crippen LogP contribution < -0.4 is 4.74 Å². The smallest absolute Gasteiger partial charge is 0.274 e. The average molecular weight is 390 g/mol. The molecule has 1 amide bonds. The van der Waals surface area contributed by atoms with Gasteiger partial charge in [0.2, 0.25) is 0 Å². The number of H-pyrrole nitrogens is 1. The Morgan fingerprint density at radius 1 is 1.17 bits per heavy atom. The summed E-state index contributed by atoms with van der Waals surface area (Å²) in [5.74, 6) is 1.72. The lowest BCUT2D eigenvalue weighted by Crippen LogP contribution is -2.29. The third-order valence-corrected chi connectivity index (χ3v) is 4.84. The van der Waals surface area contributed by atoms with Crippen LogP contribution >= 0.6 is 0 Å². The minimum absolute atomic E-state index is 0.0294. The lowest BCUT2D eigenvalue weighted by atomic mass is 10.1. The number of methoxy groups -OCH3 is 1. The van der Waals surface area contributed by atoms with Gasteiger partial charge in [0.05, 0.1) is 7.11 Å². The van der Waals surface area contributed by atoms with Crippen LogP contribution in [0.15, 0.2) is 53.1 Å². The number of rotatable bonds is 6. The van der Waals surface area contributed by atoms with Gasteiger partial charge in [-0.25, -0.2) is 0 Å². The predicted molar refractivity (Wildman–Crippen MR) is 110 cm³/mol. The molecule has 2 aromatic heterocycles. The summed E-state index contributed by atoms with van der Waals surface area (Å²) in [5, 5.41) is 5.07. The zero-order valence-electron chi connectivity index (χ0n) is 16.6. The number of hydrogen-bond donors (Lipinski definition) is 1. The van der Waals surface area contributed by atoms with E-state index in [0.717, 1.165) is 27.9 Å². The second kappa shape index (κ2) is 7.79. The number of aromatic amines is 1. The van der Waals surface area contributed by atoms with Gasteiger partial charge in [-0.05, 0) is 37.3 Å². The average Bonchev–Trinajstić information content (AvgIpc) is 3.38. The summed E-state index contributed by atoms with van der Waals surface area (Å²) in [4.78, 5) is 21.9. The van der Waals surface area contributed by atoms with Gasteiger partial charge in [0.25, 0.3) is 11.8 Å². The SMILES string of the molecule is COc1ccc2cc(-c3nc(CCN(C)C(=O)c4ccc(C)cc4)no3)[nH]c2c1. The highest BCUT2D eigenvalue weighted by atomic mass is 16.5. The molecule has 1 N–H and O–H groups in total. The lowest BCUT2D eigenvalue weighted by molar-refractivity contribution is 0.0796. The van der Waals surface area contributed by atoms with E-state index >= 15 is 0 Å². The molecule has 0 bridgehead atoms. The van der Waals surface area contributed by atoms with Gasteiger partial charge >= 0.3 is 0 Å². The van der Waals surface area contributed by atoms with Gasteiger partial charge in [-0.3, -0.25) is 4.79 Å². The van der Waals surface area contributed by atoms with Crippen LogP contribution in [-0.4, -0.2) is 46.6 Å². The van der Waals surface area contributed by atoms with E-state index in [-0.39, 0.29) is 5.91 Å². The van der Waals surface area contributed by atoms with E-state index in [0.29, 0.717) is 30.2 Å². The van der Waals surface area contributed by atoms with Gasteiger partial charge in [0, 0.05) is 42.5 Å². The van der Waals surface area contributed by atoms with Crippen molar-refractivity contribution in [1.82, 2.24) is 20.0 Å². The highest BCUT2D eigenvalue weighted by Crippen LogP contribution is 2.26. The number of aromatic nitrogens is 3. The van der Waals surface area contributed by atoms with Crippen molar-refractivity contribution in [2.75, 3.05) is 20.7 Å². The van der Waals surface area contributed by atoms with E-state index in [9.17, 15) is 4.79 Å². The van der Waals surface area contributed by atoms with Crippen LogP contribution in [0.3, 0.4) is 0 Å². The first-order valence-corrected chi connectivity index (χ1v) is 9.35. The summed E-state index contributed by atoms with van der Waals surface area (Å²) in [6.45, 7) is 2.49. The van der Waals surface area contributed by atoms with E-state index in [4.69, 9.17) is 9.26 Å². The number of nitrogens with zero attached hydrogens (tertiary/aromatic N) is 3. The number of carbonyl (C=O) groups is 1. The normalized spacial score (nSPS) is 11.0. The number of amides is 1. The summed E-state index contributed by atoms with van der Waals surface area (Å²) in [7, 11) is 3.41. The largest absolute Gasteiger partial charge is 0.497 e. The van der Waals surface area contributed by atoms with Crippen LogP contribution in [0.5, 0.6) is 5.75 Å². The van der Waals surface area contributed by atoms with Crippen molar-refractivity contribution in [1.29, 1.82) is 0 Å². The van der Waals surface area contributed by atoms with Crippen molar-refractivity contribution in [2.24, 2.45) is 0 Å². The fourth-order valence-electron chi connectivity index (χ4n) is 3.10. The maximum Gasteiger partial charge on any atom is 0.274 e. The summed E-state index contributed by atoms with van der Waals surface area (Å²) < 4.78 is 10.6. The number of likely N-dealkylation sites (N-methyl/N-ethyl adjacent to an activating group) is 1. The molecule has 0 unspecified atom stereocenters. The first-order valence-electron chi connectivity index (χ1n) is 9.35. The van der Waals surface area contributed by atoms with E-state index in [1.807, 2.05) is 55.5 Å². The number of carbonyl (C=O) groups excluding carboxylic acids is 1. The summed E-state index contributed by atoms with van der Waals surface area (Å²) >= 11 is 0. The van der Waals surface area contributed by atoms with Gasteiger partial charge in [-0.2, -0.15) is 4.98 Å². The van der Waals surface area contributed by atoms with E-state index in [1.165, 1.54) is 0 Å². The molecule has 0 aliphatic rings. The zero-order chi connectivity index (χ0) is 20.4. The van der Waals surface area contributed by atoms with Crippen LogP contribution in [-0.2, 0) is 6.42 Å². The molecule has 0 fully saturated rings. The number of nitrogens with one attached hydrogen (secondary N) is 1. The second-order valence-corrected chi connectivity index (χ2v) is 6.99. The number of aryl methyl sites for hydroxylation is 1. The molecule has 2 aromatic carbocycles. The lowest BCUT2D eigenvalue weighted by Gasteiger charge is -2.16. The highest BCUT2D eigenvalue weighted by molar-refractivity contribution is 5.94. The summed E-state index contributed by atoms with van der Waals surface area (Å²) in [5.41, 5.74) is 3.47. The Hall–Kier alpha value is -3.61. The number of ether oxygens (including phenoxy) is 1. The Bertz CT molecular complexity index is 1140. The standard InChI is InChI=1S/C22H22N4O3/c1-14-4-6-15(7-5-14)22(27)26(2)11-10-20-24-21(29-25-20)19-12-16-8-9-17(28-3)13-18(16)23-19/h4-9,12-13,23H,10-11H2,1-3H3. The molecule has 29 heavy (non-hydrogen) atoms.